The zero-order valence-corrected chi connectivity index (χ0v) is 21.3. The summed E-state index contributed by atoms with van der Waals surface area (Å²) in [6.07, 6.45) is -0.684. The number of hydrogen-bond acceptors (Lipinski definition) is 6. The molecule has 5 unspecified atom stereocenters. The van der Waals surface area contributed by atoms with Gasteiger partial charge in [-0.15, -0.1) is 11.8 Å². The van der Waals surface area contributed by atoms with Crippen LogP contribution in [0.25, 0.3) is 0 Å². The van der Waals surface area contributed by atoms with Crippen molar-refractivity contribution in [2.75, 3.05) is 12.8 Å². The Bertz CT molecular complexity index is 1020. The summed E-state index contributed by atoms with van der Waals surface area (Å²) >= 11 is 1.67. The molecule has 0 bridgehead atoms. The highest BCUT2D eigenvalue weighted by Gasteiger charge is 2.47. The fourth-order valence-electron chi connectivity index (χ4n) is 4.63. The summed E-state index contributed by atoms with van der Waals surface area (Å²) in [6, 6.07) is 6.86. The van der Waals surface area contributed by atoms with Crippen LogP contribution in [0.3, 0.4) is 0 Å². The van der Waals surface area contributed by atoms with Crippen molar-refractivity contribution < 1.29 is 37.5 Å². The number of carboxylic acids is 1. The standard InChI is InChI=1S/C22H30N4O3S.C2HF3O2/c1-13(23-2)20(27)25-17-10-11-19-26(22(17)29)18(12-30-19)21(28)24-16-9-5-7-14-6-3-4-8-15(14)16;3-2(4,5)1(6)7/h3-4,6,8,13,16-19,23H,5,7,9-12H2,1-2H3,(H,24,28)(H,25,27);(H,6,7). The van der Waals surface area contributed by atoms with Gasteiger partial charge in [-0.2, -0.15) is 13.2 Å². The molecule has 5 atom stereocenters. The fourth-order valence-corrected chi connectivity index (χ4v) is 6.06. The molecule has 1 aromatic carbocycles. The van der Waals surface area contributed by atoms with Crippen LogP contribution in [0.15, 0.2) is 24.3 Å². The lowest BCUT2D eigenvalue weighted by molar-refractivity contribution is -0.192. The SMILES string of the molecule is CNC(C)C(=O)NC1CCC2SCC(C(=O)NC3CCCc4ccccc43)N2C1=O.O=C(O)C(F)(F)F. The molecule has 0 saturated carbocycles. The van der Waals surface area contributed by atoms with Gasteiger partial charge in [0.25, 0.3) is 0 Å². The number of likely N-dealkylation sites (N-methyl/N-ethyl adjacent to an activating group) is 1. The summed E-state index contributed by atoms with van der Waals surface area (Å²) in [4.78, 5) is 49.2. The molecule has 204 valence electrons. The maximum absolute atomic E-state index is 13.2. The summed E-state index contributed by atoms with van der Waals surface area (Å²) in [7, 11) is 1.71. The number of benzene rings is 1. The van der Waals surface area contributed by atoms with Crippen LogP contribution in [0.1, 0.15) is 49.8 Å². The second kappa shape index (κ2) is 12.2. The molecule has 2 fully saturated rings. The Kier molecular flexibility index (Phi) is 9.46. The van der Waals surface area contributed by atoms with Gasteiger partial charge in [-0.25, -0.2) is 4.79 Å². The van der Waals surface area contributed by atoms with Gasteiger partial charge in [0.15, 0.2) is 0 Å². The molecule has 2 aliphatic heterocycles. The predicted octanol–water partition coefficient (Wildman–Crippen LogP) is 1.97. The third-order valence-electron chi connectivity index (χ3n) is 6.72. The molecule has 3 amide bonds. The number of carboxylic acid groups (broad SMARTS) is 1. The zero-order chi connectivity index (χ0) is 27.3. The normalized spacial score (nSPS) is 25.6. The molecular weight excluding hydrogens is 513 g/mol. The van der Waals surface area contributed by atoms with Crippen LogP contribution in [0, 0.1) is 0 Å². The monoisotopic (exact) mass is 544 g/mol. The number of amides is 3. The molecule has 3 aliphatic rings. The smallest absolute Gasteiger partial charge is 0.475 e. The molecule has 13 heteroatoms. The second-order valence-corrected chi connectivity index (χ2v) is 10.4. The van der Waals surface area contributed by atoms with Crippen molar-refractivity contribution in [3.63, 3.8) is 0 Å². The van der Waals surface area contributed by atoms with Gasteiger partial charge in [-0.3, -0.25) is 14.4 Å². The molecule has 1 aromatic rings. The van der Waals surface area contributed by atoms with Crippen LogP contribution in [-0.2, 0) is 25.6 Å². The quantitative estimate of drug-likeness (QED) is 0.446. The highest BCUT2D eigenvalue weighted by Crippen LogP contribution is 2.37. The molecule has 4 rings (SSSR count). The number of nitrogens with one attached hydrogen (secondary N) is 3. The topological polar surface area (TPSA) is 128 Å². The predicted molar refractivity (Wildman–Crippen MR) is 131 cm³/mol. The minimum atomic E-state index is -5.08. The average Bonchev–Trinajstić information content (AvgIpc) is 3.30. The van der Waals surface area contributed by atoms with Crippen molar-refractivity contribution in [2.45, 2.75) is 74.7 Å². The summed E-state index contributed by atoms with van der Waals surface area (Å²) in [5, 5.41) is 16.1. The van der Waals surface area contributed by atoms with Gasteiger partial charge in [0.2, 0.25) is 17.7 Å². The summed E-state index contributed by atoms with van der Waals surface area (Å²) < 4.78 is 31.7. The third kappa shape index (κ3) is 6.95. The van der Waals surface area contributed by atoms with Gasteiger partial charge in [-0.1, -0.05) is 24.3 Å². The van der Waals surface area contributed by atoms with Crippen molar-refractivity contribution in [2.24, 2.45) is 0 Å². The largest absolute Gasteiger partial charge is 0.490 e. The maximum atomic E-state index is 13.2. The van der Waals surface area contributed by atoms with Gasteiger partial charge < -0.3 is 26.0 Å². The first-order valence-corrected chi connectivity index (χ1v) is 13.1. The van der Waals surface area contributed by atoms with Crippen molar-refractivity contribution in [1.29, 1.82) is 0 Å². The molecule has 1 aliphatic carbocycles. The number of alkyl halides is 3. The minimum Gasteiger partial charge on any atom is -0.475 e. The van der Waals surface area contributed by atoms with Crippen molar-refractivity contribution in [3.05, 3.63) is 35.4 Å². The number of rotatable bonds is 5. The van der Waals surface area contributed by atoms with Crippen LogP contribution >= 0.6 is 11.8 Å². The Morgan fingerprint density at radius 2 is 1.78 bits per heavy atom. The number of piperidine rings is 1. The number of nitrogens with zero attached hydrogens (tertiary/aromatic N) is 1. The van der Waals surface area contributed by atoms with Crippen molar-refractivity contribution in [1.82, 2.24) is 20.9 Å². The van der Waals surface area contributed by atoms with E-state index in [9.17, 15) is 27.6 Å². The number of fused-ring (bicyclic) bond motifs is 2. The first kappa shape index (κ1) is 28.8. The van der Waals surface area contributed by atoms with E-state index in [-0.39, 0.29) is 35.2 Å². The van der Waals surface area contributed by atoms with Crippen LogP contribution in [-0.4, -0.2) is 76.2 Å². The number of hydrogen-bond donors (Lipinski definition) is 4. The van der Waals surface area contributed by atoms with E-state index >= 15 is 0 Å². The number of carbonyl (C=O) groups is 4. The lowest BCUT2D eigenvalue weighted by atomic mass is 9.87. The average molecular weight is 545 g/mol. The first-order valence-electron chi connectivity index (χ1n) is 12.0. The van der Waals surface area contributed by atoms with Crippen molar-refractivity contribution >= 4 is 35.5 Å². The van der Waals surface area contributed by atoms with Gasteiger partial charge >= 0.3 is 12.1 Å². The van der Waals surface area contributed by atoms with E-state index in [2.05, 4.69) is 28.1 Å². The minimum absolute atomic E-state index is 0.00151. The zero-order valence-electron chi connectivity index (χ0n) is 20.5. The van der Waals surface area contributed by atoms with E-state index in [1.54, 1.807) is 30.6 Å². The first-order chi connectivity index (χ1) is 17.4. The van der Waals surface area contributed by atoms with Crippen LogP contribution in [0.2, 0.25) is 0 Å². The molecule has 4 N–H and O–H groups in total. The van der Waals surface area contributed by atoms with E-state index in [0.717, 1.165) is 25.7 Å². The Hall–Kier alpha value is -2.80. The maximum Gasteiger partial charge on any atom is 0.490 e. The Labute approximate surface area is 216 Å². The number of aliphatic carboxylic acids is 1. The summed E-state index contributed by atoms with van der Waals surface area (Å²) in [5.41, 5.74) is 2.48. The van der Waals surface area contributed by atoms with Gasteiger partial charge in [0, 0.05) is 5.75 Å². The lowest BCUT2D eigenvalue weighted by Gasteiger charge is -2.37. The molecule has 0 radical (unpaired) electrons. The van der Waals surface area contributed by atoms with Gasteiger partial charge in [-0.05, 0) is 57.2 Å². The number of thioether (sulfide) groups is 1. The molecule has 9 nitrogen and oxygen atoms in total. The highest BCUT2D eigenvalue weighted by atomic mass is 32.2. The molecular formula is C24H31F3N4O5S. The lowest BCUT2D eigenvalue weighted by Crippen LogP contribution is -2.60. The molecule has 2 saturated heterocycles. The third-order valence-corrected chi connectivity index (χ3v) is 8.08. The Morgan fingerprint density at radius 3 is 2.43 bits per heavy atom. The number of aryl methyl sites for hydroxylation is 1. The molecule has 0 aromatic heterocycles. The number of halogens is 3. The fraction of sp³-hybridized carbons (Fsp3) is 0.583. The van der Waals surface area contributed by atoms with Crippen LogP contribution in [0.4, 0.5) is 13.2 Å². The van der Waals surface area contributed by atoms with Gasteiger partial charge in [0.1, 0.15) is 12.1 Å². The second-order valence-electron chi connectivity index (χ2n) is 9.15. The summed E-state index contributed by atoms with van der Waals surface area (Å²) in [6.45, 7) is 1.76. The number of carbonyl (C=O) groups excluding carboxylic acids is 3. The highest BCUT2D eigenvalue weighted by molar-refractivity contribution is 8.00. The molecule has 2 heterocycles. The summed E-state index contributed by atoms with van der Waals surface area (Å²) in [5.74, 6) is -2.58. The van der Waals surface area contributed by atoms with Crippen LogP contribution in [0.5, 0.6) is 0 Å². The van der Waals surface area contributed by atoms with E-state index in [1.165, 1.54) is 11.1 Å². The van der Waals surface area contributed by atoms with E-state index in [0.29, 0.717) is 12.2 Å². The van der Waals surface area contributed by atoms with Gasteiger partial charge in [0.05, 0.1) is 17.5 Å². The molecule has 37 heavy (non-hydrogen) atoms. The van der Waals surface area contributed by atoms with E-state index in [1.807, 2.05) is 12.1 Å². The Morgan fingerprint density at radius 1 is 1.11 bits per heavy atom. The van der Waals surface area contributed by atoms with Crippen molar-refractivity contribution in [3.8, 4) is 0 Å². The Balaban J connectivity index is 0.000000479. The molecule has 0 spiro atoms. The van der Waals surface area contributed by atoms with E-state index < -0.39 is 24.2 Å². The van der Waals surface area contributed by atoms with Crippen LogP contribution < -0.4 is 16.0 Å². The van der Waals surface area contributed by atoms with E-state index in [4.69, 9.17) is 9.90 Å².